The summed E-state index contributed by atoms with van der Waals surface area (Å²) in [6, 6.07) is 0. The van der Waals surface area contributed by atoms with Gasteiger partial charge in [-0.05, 0) is 6.42 Å². The van der Waals surface area contributed by atoms with E-state index in [0.29, 0.717) is 18.0 Å². The van der Waals surface area contributed by atoms with Crippen molar-refractivity contribution in [2.45, 2.75) is 26.2 Å². The average Bonchev–Trinajstić information content (AvgIpc) is 2.73. The number of aromatic nitrogens is 2. The van der Waals surface area contributed by atoms with Crippen molar-refractivity contribution in [1.82, 2.24) is 10.2 Å². The van der Waals surface area contributed by atoms with Crippen LogP contribution in [0.5, 0.6) is 0 Å². The van der Waals surface area contributed by atoms with Crippen LogP contribution in [0.4, 0.5) is 5.13 Å². The first-order chi connectivity index (χ1) is 6.72. The van der Waals surface area contributed by atoms with E-state index in [0.717, 1.165) is 16.3 Å². The lowest BCUT2D eigenvalue weighted by Crippen LogP contribution is -2.28. The van der Waals surface area contributed by atoms with Crippen LogP contribution in [0.15, 0.2) is 0 Å². The van der Waals surface area contributed by atoms with Gasteiger partial charge in [-0.1, -0.05) is 18.3 Å². The van der Waals surface area contributed by atoms with E-state index < -0.39 is 0 Å². The summed E-state index contributed by atoms with van der Waals surface area (Å²) < 4.78 is 0. The Morgan fingerprint density at radius 3 is 2.43 bits per heavy atom. The normalized spacial score (nSPS) is 16.8. The van der Waals surface area contributed by atoms with Gasteiger partial charge < -0.3 is 0 Å². The van der Waals surface area contributed by atoms with Gasteiger partial charge >= 0.3 is 0 Å². The highest BCUT2D eigenvalue weighted by Gasteiger charge is 2.32. The van der Waals surface area contributed by atoms with Gasteiger partial charge in [0.1, 0.15) is 5.01 Å². The largest absolute Gasteiger partial charge is 0.274 e. The van der Waals surface area contributed by atoms with E-state index in [4.69, 9.17) is 0 Å². The molecule has 0 unspecified atom stereocenters. The fraction of sp³-hybridized carbons (Fsp3) is 0.500. The molecule has 2 heterocycles. The first-order valence-corrected chi connectivity index (χ1v) is 5.22. The van der Waals surface area contributed by atoms with E-state index in [1.165, 1.54) is 11.3 Å². The molecule has 1 aliphatic heterocycles. The van der Waals surface area contributed by atoms with E-state index in [1.54, 1.807) is 0 Å². The number of amides is 2. The van der Waals surface area contributed by atoms with Crippen molar-refractivity contribution in [3.63, 3.8) is 0 Å². The number of rotatable bonds is 2. The minimum Gasteiger partial charge on any atom is -0.274 e. The lowest BCUT2D eigenvalue weighted by atomic mass is 10.4. The Balaban J connectivity index is 2.29. The summed E-state index contributed by atoms with van der Waals surface area (Å²) in [6.45, 7) is 1.96. The van der Waals surface area contributed by atoms with Crippen LogP contribution in [0.2, 0.25) is 0 Å². The van der Waals surface area contributed by atoms with Gasteiger partial charge in [-0.2, -0.15) is 0 Å². The number of carbonyl (C=O) groups excluding carboxylic acids is 2. The van der Waals surface area contributed by atoms with Crippen LogP contribution in [0.25, 0.3) is 0 Å². The maximum atomic E-state index is 11.3. The van der Waals surface area contributed by atoms with Crippen LogP contribution in [0, 0.1) is 0 Å². The molecule has 1 fully saturated rings. The second-order valence-corrected chi connectivity index (χ2v) is 4.00. The van der Waals surface area contributed by atoms with Crippen molar-refractivity contribution < 1.29 is 9.59 Å². The molecule has 0 bridgehead atoms. The quantitative estimate of drug-likeness (QED) is 0.677. The van der Waals surface area contributed by atoms with Crippen LogP contribution in [-0.2, 0) is 16.0 Å². The van der Waals surface area contributed by atoms with Crippen molar-refractivity contribution in [2.24, 2.45) is 0 Å². The van der Waals surface area contributed by atoms with Gasteiger partial charge in [0.05, 0.1) is 0 Å². The highest BCUT2D eigenvalue weighted by Crippen LogP contribution is 2.25. The van der Waals surface area contributed by atoms with Gasteiger partial charge in [0.25, 0.3) is 0 Å². The maximum Gasteiger partial charge on any atom is 0.236 e. The molecule has 0 N–H and O–H groups in total. The third-order valence-electron chi connectivity index (χ3n) is 2.00. The van der Waals surface area contributed by atoms with Crippen molar-refractivity contribution in [3.05, 3.63) is 5.01 Å². The van der Waals surface area contributed by atoms with Gasteiger partial charge in [-0.25, -0.2) is 4.90 Å². The number of anilines is 1. The second-order valence-electron chi connectivity index (χ2n) is 2.95. The number of hydrogen-bond donors (Lipinski definition) is 0. The molecule has 0 saturated carbocycles. The molecule has 0 spiro atoms. The van der Waals surface area contributed by atoms with E-state index >= 15 is 0 Å². The Labute approximate surface area is 84.7 Å². The minimum absolute atomic E-state index is 0.172. The van der Waals surface area contributed by atoms with Gasteiger partial charge in [0.15, 0.2) is 0 Å². The molecule has 1 saturated heterocycles. The van der Waals surface area contributed by atoms with E-state index in [-0.39, 0.29) is 11.8 Å². The molecular formula is C8H9N3O2S. The molecule has 14 heavy (non-hydrogen) atoms. The zero-order valence-corrected chi connectivity index (χ0v) is 8.50. The Morgan fingerprint density at radius 1 is 1.29 bits per heavy atom. The van der Waals surface area contributed by atoms with Crippen LogP contribution in [0.1, 0.15) is 24.8 Å². The molecule has 2 rings (SSSR count). The fourth-order valence-electron chi connectivity index (χ4n) is 1.27. The SMILES string of the molecule is CCc1nnc(N2C(=O)CCC2=O)s1. The lowest BCUT2D eigenvalue weighted by molar-refractivity contribution is -0.121. The fourth-order valence-corrected chi connectivity index (χ4v) is 2.08. The highest BCUT2D eigenvalue weighted by molar-refractivity contribution is 7.15. The standard InChI is InChI=1S/C8H9N3O2S/c1-2-5-9-10-8(14-5)11-6(12)3-4-7(11)13/h2-4H2,1H3. The third kappa shape index (κ3) is 1.41. The molecule has 74 valence electrons. The van der Waals surface area contributed by atoms with E-state index in [1.807, 2.05) is 6.92 Å². The molecule has 0 aromatic carbocycles. The summed E-state index contributed by atoms with van der Waals surface area (Å²) in [4.78, 5) is 23.8. The molecule has 1 aromatic rings. The smallest absolute Gasteiger partial charge is 0.236 e. The van der Waals surface area contributed by atoms with Crippen molar-refractivity contribution in [2.75, 3.05) is 4.90 Å². The summed E-state index contributed by atoms with van der Waals surface area (Å²) in [5.41, 5.74) is 0. The lowest BCUT2D eigenvalue weighted by Gasteiger charge is -2.06. The van der Waals surface area contributed by atoms with Crippen LogP contribution < -0.4 is 4.90 Å². The van der Waals surface area contributed by atoms with Gasteiger partial charge in [-0.15, -0.1) is 10.2 Å². The zero-order valence-electron chi connectivity index (χ0n) is 7.69. The summed E-state index contributed by atoms with van der Waals surface area (Å²) in [7, 11) is 0. The number of hydrogen-bond acceptors (Lipinski definition) is 5. The molecule has 0 radical (unpaired) electrons. The molecule has 1 aromatic heterocycles. The van der Waals surface area contributed by atoms with E-state index in [2.05, 4.69) is 10.2 Å². The topological polar surface area (TPSA) is 63.2 Å². The van der Waals surface area contributed by atoms with Crippen molar-refractivity contribution >= 4 is 28.3 Å². The van der Waals surface area contributed by atoms with Gasteiger partial charge in [0.2, 0.25) is 16.9 Å². The van der Waals surface area contributed by atoms with Crippen LogP contribution in [0.3, 0.4) is 0 Å². The molecular weight excluding hydrogens is 202 g/mol. The van der Waals surface area contributed by atoms with E-state index in [9.17, 15) is 9.59 Å². The molecule has 0 atom stereocenters. The molecule has 6 heteroatoms. The van der Waals surface area contributed by atoms with Gasteiger partial charge in [0, 0.05) is 12.8 Å². The molecule has 0 aliphatic carbocycles. The third-order valence-corrected chi connectivity index (χ3v) is 3.05. The summed E-state index contributed by atoms with van der Waals surface area (Å²) in [6.07, 6.45) is 1.35. The predicted molar refractivity (Wildman–Crippen MR) is 51.0 cm³/mol. The molecule has 2 amide bonds. The Morgan fingerprint density at radius 2 is 1.93 bits per heavy atom. The second kappa shape index (κ2) is 3.45. The Bertz CT molecular complexity index is 372. The van der Waals surface area contributed by atoms with Crippen LogP contribution in [-0.4, -0.2) is 22.0 Å². The Hall–Kier alpha value is -1.30. The minimum atomic E-state index is -0.172. The number of nitrogens with zero attached hydrogens (tertiary/aromatic N) is 3. The first-order valence-electron chi connectivity index (χ1n) is 4.40. The van der Waals surface area contributed by atoms with Crippen molar-refractivity contribution in [3.8, 4) is 0 Å². The maximum absolute atomic E-state index is 11.3. The van der Waals surface area contributed by atoms with Crippen molar-refractivity contribution in [1.29, 1.82) is 0 Å². The van der Waals surface area contributed by atoms with Crippen LogP contribution >= 0.6 is 11.3 Å². The summed E-state index contributed by atoms with van der Waals surface area (Å²) >= 11 is 1.30. The monoisotopic (exact) mass is 211 g/mol. The number of imide groups is 1. The number of carbonyl (C=O) groups is 2. The molecule has 1 aliphatic rings. The predicted octanol–water partition coefficient (Wildman–Crippen LogP) is 0.754. The average molecular weight is 211 g/mol. The first kappa shape index (κ1) is 9.26. The van der Waals surface area contributed by atoms with Gasteiger partial charge in [-0.3, -0.25) is 9.59 Å². The highest BCUT2D eigenvalue weighted by atomic mass is 32.1. The Kier molecular flexibility index (Phi) is 2.28. The number of aryl methyl sites for hydroxylation is 1. The molecule has 5 nitrogen and oxygen atoms in total. The summed E-state index contributed by atoms with van der Waals surface area (Å²) in [5, 5.41) is 8.94. The summed E-state index contributed by atoms with van der Waals surface area (Å²) in [5.74, 6) is -0.345. The zero-order chi connectivity index (χ0) is 10.1.